The zero-order valence-corrected chi connectivity index (χ0v) is 9.22. The second-order valence-electron chi connectivity index (χ2n) is 3.38. The maximum Gasteiger partial charge on any atom is 0.355 e. The summed E-state index contributed by atoms with van der Waals surface area (Å²) in [5.74, 6) is -0.574. The Morgan fingerprint density at radius 3 is 2.62 bits per heavy atom. The van der Waals surface area contributed by atoms with Crippen LogP contribution in [0.25, 0.3) is 0 Å². The van der Waals surface area contributed by atoms with E-state index >= 15 is 0 Å². The van der Waals surface area contributed by atoms with Crippen LogP contribution >= 0.6 is 0 Å². The third kappa shape index (κ3) is 3.73. The monoisotopic (exact) mass is 221 g/mol. The van der Waals surface area contributed by atoms with Crippen molar-refractivity contribution in [3.05, 3.63) is 35.9 Å². The van der Waals surface area contributed by atoms with Gasteiger partial charge in [0.25, 0.3) is 0 Å². The Labute approximate surface area is 94.5 Å². The van der Waals surface area contributed by atoms with Crippen LogP contribution in [0.5, 0.6) is 0 Å². The zero-order chi connectivity index (χ0) is 11.8. The van der Waals surface area contributed by atoms with Gasteiger partial charge >= 0.3 is 5.97 Å². The first kappa shape index (κ1) is 12.2. The van der Waals surface area contributed by atoms with Gasteiger partial charge in [0.15, 0.2) is 5.71 Å². The Hall–Kier alpha value is -1.84. The summed E-state index contributed by atoms with van der Waals surface area (Å²) >= 11 is 0. The smallest absolute Gasteiger partial charge is 0.355 e. The van der Waals surface area contributed by atoms with E-state index in [0.29, 0.717) is 6.42 Å². The van der Waals surface area contributed by atoms with E-state index in [0.717, 1.165) is 12.8 Å². The van der Waals surface area contributed by atoms with E-state index in [1.54, 1.807) is 0 Å². The minimum Gasteiger partial charge on any atom is -0.464 e. The number of ether oxygens (including phenoxy) is 1. The highest BCUT2D eigenvalue weighted by atomic mass is 16.5. The van der Waals surface area contributed by atoms with Crippen molar-refractivity contribution < 1.29 is 14.7 Å². The molecule has 0 aliphatic carbocycles. The molecule has 1 aromatic carbocycles. The second kappa shape index (κ2) is 6.61. The van der Waals surface area contributed by atoms with Crippen molar-refractivity contribution in [2.45, 2.75) is 19.3 Å². The van der Waals surface area contributed by atoms with Gasteiger partial charge in [-0.05, 0) is 18.4 Å². The van der Waals surface area contributed by atoms with Gasteiger partial charge in [0.05, 0.1) is 7.11 Å². The third-order valence-electron chi connectivity index (χ3n) is 2.26. The summed E-state index contributed by atoms with van der Waals surface area (Å²) in [5.41, 5.74) is 1.27. The maximum absolute atomic E-state index is 11.1. The number of oxime groups is 1. The summed E-state index contributed by atoms with van der Waals surface area (Å²) in [5, 5.41) is 11.5. The topological polar surface area (TPSA) is 58.9 Å². The molecule has 4 nitrogen and oxygen atoms in total. The largest absolute Gasteiger partial charge is 0.464 e. The molecule has 0 atom stereocenters. The average molecular weight is 221 g/mol. The molecule has 0 aromatic heterocycles. The first-order valence-electron chi connectivity index (χ1n) is 5.11. The number of aryl methyl sites for hydroxylation is 1. The van der Waals surface area contributed by atoms with Gasteiger partial charge in [0, 0.05) is 6.42 Å². The number of rotatable bonds is 5. The standard InChI is InChI=1S/C12H15NO3/c1-16-12(14)11(13-15)9-5-8-10-6-3-2-4-7-10/h2-4,6-7,15H,5,8-9H2,1H3. The highest BCUT2D eigenvalue weighted by molar-refractivity contribution is 6.36. The molecule has 1 rings (SSSR count). The first-order valence-corrected chi connectivity index (χ1v) is 5.11. The van der Waals surface area contributed by atoms with Gasteiger partial charge in [-0.1, -0.05) is 35.5 Å². The Morgan fingerprint density at radius 2 is 2.06 bits per heavy atom. The van der Waals surface area contributed by atoms with Crippen molar-refractivity contribution in [3.8, 4) is 0 Å². The number of hydrogen-bond acceptors (Lipinski definition) is 4. The van der Waals surface area contributed by atoms with E-state index in [4.69, 9.17) is 5.21 Å². The molecule has 0 bridgehead atoms. The summed E-state index contributed by atoms with van der Waals surface area (Å²) in [6.45, 7) is 0. The third-order valence-corrected chi connectivity index (χ3v) is 2.26. The molecule has 1 aromatic rings. The van der Waals surface area contributed by atoms with Crippen molar-refractivity contribution in [2.24, 2.45) is 5.16 Å². The highest BCUT2D eigenvalue weighted by Gasteiger charge is 2.11. The molecule has 0 fully saturated rings. The number of carbonyl (C=O) groups is 1. The first-order chi connectivity index (χ1) is 7.77. The Kier molecular flexibility index (Phi) is 5.05. The quantitative estimate of drug-likeness (QED) is 0.358. The predicted molar refractivity (Wildman–Crippen MR) is 60.6 cm³/mol. The fraction of sp³-hybridized carbons (Fsp3) is 0.333. The second-order valence-corrected chi connectivity index (χ2v) is 3.38. The lowest BCUT2D eigenvalue weighted by Crippen LogP contribution is -2.15. The average Bonchev–Trinajstić information content (AvgIpc) is 2.35. The van der Waals surface area contributed by atoms with Crippen LogP contribution in [0.15, 0.2) is 35.5 Å². The minimum absolute atomic E-state index is 0.0680. The van der Waals surface area contributed by atoms with Gasteiger partial charge in [-0.3, -0.25) is 0 Å². The van der Waals surface area contributed by atoms with Gasteiger partial charge < -0.3 is 9.94 Å². The van der Waals surface area contributed by atoms with Crippen LogP contribution < -0.4 is 0 Å². The summed E-state index contributed by atoms with van der Waals surface area (Å²) < 4.78 is 4.48. The lowest BCUT2D eigenvalue weighted by Gasteiger charge is -2.02. The lowest BCUT2D eigenvalue weighted by atomic mass is 10.1. The fourth-order valence-electron chi connectivity index (χ4n) is 1.42. The molecule has 16 heavy (non-hydrogen) atoms. The lowest BCUT2D eigenvalue weighted by molar-refractivity contribution is -0.133. The Balaban J connectivity index is 2.38. The minimum atomic E-state index is -0.574. The highest BCUT2D eigenvalue weighted by Crippen LogP contribution is 2.05. The Bertz CT molecular complexity index is 360. The molecule has 0 saturated heterocycles. The van der Waals surface area contributed by atoms with Crippen LogP contribution in [-0.4, -0.2) is 24.0 Å². The molecule has 0 amide bonds. The van der Waals surface area contributed by atoms with Gasteiger partial charge in [-0.15, -0.1) is 0 Å². The molecule has 0 radical (unpaired) electrons. The molecular weight excluding hydrogens is 206 g/mol. The fourth-order valence-corrected chi connectivity index (χ4v) is 1.42. The number of nitrogens with zero attached hydrogens (tertiary/aromatic N) is 1. The van der Waals surface area contributed by atoms with E-state index < -0.39 is 5.97 Å². The van der Waals surface area contributed by atoms with Crippen molar-refractivity contribution in [1.82, 2.24) is 0 Å². The van der Waals surface area contributed by atoms with Gasteiger partial charge in [-0.25, -0.2) is 4.79 Å². The molecule has 0 aliphatic heterocycles. The van der Waals surface area contributed by atoms with Crippen LogP contribution in [0, 0.1) is 0 Å². The summed E-state index contributed by atoms with van der Waals surface area (Å²) in [6, 6.07) is 9.94. The summed E-state index contributed by atoms with van der Waals surface area (Å²) in [4.78, 5) is 11.1. The summed E-state index contributed by atoms with van der Waals surface area (Å²) in [7, 11) is 1.27. The molecule has 4 heteroatoms. The van der Waals surface area contributed by atoms with E-state index in [1.807, 2.05) is 30.3 Å². The number of carbonyl (C=O) groups excluding carboxylic acids is 1. The summed E-state index contributed by atoms with van der Waals surface area (Å²) in [6.07, 6.45) is 2.01. The van der Waals surface area contributed by atoms with Crippen molar-refractivity contribution in [3.63, 3.8) is 0 Å². The molecule has 1 N–H and O–H groups in total. The number of esters is 1. The molecular formula is C12H15NO3. The van der Waals surface area contributed by atoms with Gasteiger partial charge in [0.2, 0.25) is 0 Å². The van der Waals surface area contributed by atoms with E-state index in [1.165, 1.54) is 12.7 Å². The molecule has 0 heterocycles. The predicted octanol–water partition coefficient (Wildman–Crippen LogP) is 2.01. The van der Waals surface area contributed by atoms with E-state index in [9.17, 15) is 4.79 Å². The van der Waals surface area contributed by atoms with Crippen LogP contribution in [0.4, 0.5) is 0 Å². The van der Waals surface area contributed by atoms with Gasteiger partial charge in [-0.2, -0.15) is 0 Å². The number of hydrogen-bond donors (Lipinski definition) is 1. The molecule has 0 saturated carbocycles. The van der Waals surface area contributed by atoms with E-state index in [-0.39, 0.29) is 5.71 Å². The molecule has 86 valence electrons. The SMILES string of the molecule is COC(=O)C(CCCc1ccccc1)=NO. The van der Waals surface area contributed by atoms with Crippen LogP contribution in [0.2, 0.25) is 0 Å². The van der Waals surface area contributed by atoms with E-state index in [2.05, 4.69) is 9.89 Å². The van der Waals surface area contributed by atoms with Crippen LogP contribution in [0.3, 0.4) is 0 Å². The van der Waals surface area contributed by atoms with Crippen LogP contribution in [0.1, 0.15) is 18.4 Å². The van der Waals surface area contributed by atoms with Crippen molar-refractivity contribution >= 4 is 11.7 Å². The molecule has 0 unspecified atom stereocenters. The number of benzene rings is 1. The normalized spacial score (nSPS) is 11.2. The molecule has 0 spiro atoms. The van der Waals surface area contributed by atoms with Crippen molar-refractivity contribution in [1.29, 1.82) is 0 Å². The van der Waals surface area contributed by atoms with Crippen LogP contribution in [-0.2, 0) is 16.0 Å². The molecule has 0 aliphatic rings. The maximum atomic E-state index is 11.1. The zero-order valence-electron chi connectivity index (χ0n) is 9.22. The number of methoxy groups -OCH3 is 1. The van der Waals surface area contributed by atoms with Crippen molar-refractivity contribution in [2.75, 3.05) is 7.11 Å². The Morgan fingerprint density at radius 1 is 1.38 bits per heavy atom. The van der Waals surface area contributed by atoms with Gasteiger partial charge in [0.1, 0.15) is 0 Å².